The van der Waals surface area contributed by atoms with Gasteiger partial charge in [-0.3, -0.25) is 9.11 Å². The van der Waals surface area contributed by atoms with Crippen LogP contribution in [0.3, 0.4) is 0 Å². The summed E-state index contributed by atoms with van der Waals surface area (Å²) < 4.78 is 85.0. The van der Waals surface area contributed by atoms with E-state index in [2.05, 4.69) is 0 Å². The highest BCUT2D eigenvalue weighted by atomic mass is 32.2. The lowest BCUT2D eigenvalue weighted by Crippen LogP contribution is -2.36. The second-order valence-corrected chi connectivity index (χ2v) is 15.1. The molecule has 5 rings (SSSR count). The lowest BCUT2D eigenvalue weighted by Gasteiger charge is -2.19. The third-order valence-electron chi connectivity index (χ3n) is 7.67. The molecule has 11 nitrogen and oxygen atoms in total. The summed E-state index contributed by atoms with van der Waals surface area (Å²) in [7, 11) is -5.18. The van der Waals surface area contributed by atoms with Gasteiger partial charge in [-0.05, 0) is 41.7 Å². The smallest absolute Gasteiger partial charge is 0.265 e. The summed E-state index contributed by atoms with van der Waals surface area (Å²) >= 11 is 1.50. The Morgan fingerprint density at radius 1 is 0.915 bits per heavy atom. The first kappa shape index (κ1) is 34.4. The number of thiazole rings is 1. The molecule has 1 aliphatic heterocycles. The zero-order valence-corrected chi connectivity index (χ0v) is 28.7. The number of ether oxygens (including phenoxy) is 3. The second-order valence-electron chi connectivity index (χ2n) is 10.9. The Bertz CT molecular complexity index is 2040. The molecule has 0 bridgehead atoms. The van der Waals surface area contributed by atoms with Crippen LogP contribution in [0.1, 0.15) is 31.2 Å². The fourth-order valence-electron chi connectivity index (χ4n) is 5.39. The fraction of sp³-hybridized carbons (Fsp3) is 0.303. The summed E-state index contributed by atoms with van der Waals surface area (Å²) in [5.74, 6) is 1.46. The normalized spacial score (nSPS) is 14.4. The highest BCUT2D eigenvalue weighted by molar-refractivity contribution is 7.86. The van der Waals surface area contributed by atoms with Crippen molar-refractivity contribution in [1.29, 1.82) is 0 Å². The number of hydrogen-bond donors (Lipinski definition) is 2. The van der Waals surface area contributed by atoms with Crippen LogP contribution in [-0.4, -0.2) is 58.2 Å². The van der Waals surface area contributed by atoms with Gasteiger partial charge in [0.1, 0.15) is 4.70 Å². The van der Waals surface area contributed by atoms with Crippen molar-refractivity contribution in [2.75, 3.05) is 37.2 Å². The molecule has 0 spiro atoms. The zero-order chi connectivity index (χ0) is 33.8. The number of aryl methyl sites for hydroxylation is 1. The molecule has 0 amide bonds. The highest BCUT2D eigenvalue weighted by Crippen LogP contribution is 2.42. The Hall–Kier alpha value is -3.95. The molecule has 0 fully saturated rings. The van der Waals surface area contributed by atoms with Crippen molar-refractivity contribution in [1.82, 2.24) is 0 Å². The van der Waals surface area contributed by atoms with E-state index in [1.165, 1.54) is 11.3 Å². The minimum atomic E-state index is -4.15. The van der Waals surface area contributed by atoms with E-state index in [0.717, 1.165) is 37.6 Å². The van der Waals surface area contributed by atoms with Gasteiger partial charge in [-0.1, -0.05) is 54.7 Å². The number of benzene rings is 3. The molecule has 2 heterocycles. The van der Waals surface area contributed by atoms with Crippen LogP contribution in [0, 0.1) is 0 Å². The molecule has 0 aliphatic carbocycles. The molecule has 1 aliphatic rings. The zero-order valence-electron chi connectivity index (χ0n) is 26.2. The third-order valence-corrected chi connectivity index (χ3v) is 10.4. The number of anilines is 1. The molecule has 4 aromatic rings. The number of fused-ring (bicyclic) bond motifs is 2. The molecule has 1 aromatic heterocycles. The molecular weight excluding hydrogens is 665 g/mol. The van der Waals surface area contributed by atoms with Gasteiger partial charge in [-0.2, -0.15) is 21.4 Å². The lowest BCUT2D eigenvalue weighted by atomic mass is 10.0. The predicted molar refractivity (Wildman–Crippen MR) is 183 cm³/mol. The van der Waals surface area contributed by atoms with Gasteiger partial charge in [0.15, 0.2) is 23.8 Å². The average molecular weight is 702 g/mol. The molecule has 0 saturated carbocycles. The van der Waals surface area contributed by atoms with Crippen molar-refractivity contribution < 1.29 is 44.7 Å². The first-order valence-electron chi connectivity index (χ1n) is 14.9. The molecule has 14 heteroatoms. The number of aromatic nitrogens is 1. The largest absolute Gasteiger partial charge is 0.493 e. The van der Waals surface area contributed by atoms with E-state index in [4.69, 9.17) is 14.2 Å². The number of allylic oxidation sites excluding steroid dienone is 2. The standard InChI is InChI=1S/C33H36N2O9S3/c1-4-23(19-33-35(15-9-17-47(39,40)41)27-21-29(42-2)30(43-3)22-31(27)45-33)18-32-34(14-8-16-46(36,37)38)26-20-25(12-13-28(26)44-32)24-10-6-5-7-11-24/h5-7,10-13,18-22H,4,8-9,14-17H2,1-3H3,(H-,36,37,38,39,40,41)/p+1. The van der Waals surface area contributed by atoms with Crippen molar-refractivity contribution in [2.24, 2.45) is 0 Å². The minimum absolute atomic E-state index is 0.174. The Kier molecular flexibility index (Phi) is 10.6. The molecule has 0 radical (unpaired) electrons. The maximum absolute atomic E-state index is 11.5. The van der Waals surface area contributed by atoms with Gasteiger partial charge < -0.3 is 19.1 Å². The monoisotopic (exact) mass is 701 g/mol. The van der Waals surface area contributed by atoms with E-state index >= 15 is 0 Å². The summed E-state index contributed by atoms with van der Waals surface area (Å²) in [4.78, 5) is 1.91. The Morgan fingerprint density at radius 3 is 2.26 bits per heavy atom. The summed E-state index contributed by atoms with van der Waals surface area (Å²) in [6.45, 7) is 2.61. The van der Waals surface area contributed by atoms with Crippen LogP contribution in [0.5, 0.6) is 17.2 Å². The molecule has 47 heavy (non-hydrogen) atoms. The number of rotatable bonds is 14. The van der Waals surface area contributed by atoms with E-state index in [9.17, 15) is 25.9 Å². The van der Waals surface area contributed by atoms with Crippen molar-refractivity contribution in [3.63, 3.8) is 0 Å². The van der Waals surface area contributed by atoms with Crippen LogP contribution in [0.15, 0.2) is 78.2 Å². The Balaban J connectivity index is 1.56. The van der Waals surface area contributed by atoms with Crippen molar-refractivity contribution in [3.05, 3.63) is 83.2 Å². The van der Waals surface area contributed by atoms with E-state index in [1.807, 2.05) is 89.2 Å². The third kappa shape index (κ3) is 8.51. The molecule has 3 aromatic carbocycles. The predicted octanol–water partition coefficient (Wildman–Crippen LogP) is 5.96. The lowest BCUT2D eigenvalue weighted by molar-refractivity contribution is -0.668. The topological polar surface area (TPSA) is 144 Å². The van der Waals surface area contributed by atoms with Crippen molar-refractivity contribution in [3.8, 4) is 28.4 Å². The summed E-state index contributed by atoms with van der Waals surface area (Å²) in [6, 6.07) is 19.5. The average Bonchev–Trinajstić information content (AvgIpc) is 3.54. The SMILES string of the molecule is CCC(/C=C1\Oc2ccc(-c3ccccc3)cc2N1CCCS(=O)(=O)O)=C\c1sc2cc(OC)c(OC)cc2[n+]1CCCS(=O)(=O)O. The van der Waals surface area contributed by atoms with E-state index < -0.39 is 20.2 Å². The van der Waals surface area contributed by atoms with Gasteiger partial charge in [-0.25, -0.2) is 0 Å². The van der Waals surface area contributed by atoms with Gasteiger partial charge in [0.05, 0.1) is 37.5 Å². The van der Waals surface area contributed by atoms with Gasteiger partial charge in [0.2, 0.25) is 11.4 Å². The Morgan fingerprint density at radius 2 is 1.60 bits per heavy atom. The molecule has 0 unspecified atom stereocenters. The molecule has 0 atom stereocenters. The quantitative estimate of drug-likeness (QED) is 0.119. The Labute approximate surface area is 278 Å². The number of nitrogens with zero attached hydrogens (tertiary/aromatic N) is 2. The fourth-order valence-corrected chi connectivity index (χ4v) is 7.55. The highest BCUT2D eigenvalue weighted by Gasteiger charge is 2.28. The van der Waals surface area contributed by atoms with Crippen LogP contribution < -0.4 is 23.7 Å². The van der Waals surface area contributed by atoms with Crippen molar-refractivity contribution >= 4 is 53.6 Å². The van der Waals surface area contributed by atoms with Crippen LogP contribution in [0.2, 0.25) is 0 Å². The first-order chi connectivity index (χ1) is 22.4. The van der Waals surface area contributed by atoms with Gasteiger partial charge in [0.25, 0.3) is 25.2 Å². The van der Waals surface area contributed by atoms with Gasteiger partial charge in [0, 0.05) is 31.2 Å². The summed E-state index contributed by atoms with van der Waals surface area (Å²) in [5, 5.41) is 0.833. The molecule has 0 saturated heterocycles. The molecule has 2 N–H and O–H groups in total. The van der Waals surface area contributed by atoms with E-state index in [1.54, 1.807) is 14.2 Å². The first-order valence-corrected chi connectivity index (χ1v) is 19.0. The maximum Gasteiger partial charge on any atom is 0.265 e. The summed E-state index contributed by atoms with van der Waals surface area (Å²) in [6.07, 6.45) is 4.89. The minimum Gasteiger partial charge on any atom is -0.493 e. The summed E-state index contributed by atoms with van der Waals surface area (Å²) in [5.41, 5.74) is 4.50. The second kappa shape index (κ2) is 14.4. The van der Waals surface area contributed by atoms with Crippen LogP contribution in [0.4, 0.5) is 5.69 Å². The number of hydrogen-bond acceptors (Lipinski definition) is 9. The van der Waals surface area contributed by atoms with E-state index in [-0.39, 0.29) is 30.9 Å². The van der Waals surface area contributed by atoms with Gasteiger partial charge in [-0.15, -0.1) is 0 Å². The van der Waals surface area contributed by atoms with Crippen LogP contribution in [0.25, 0.3) is 27.4 Å². The number of methoxy groups -OCH3 is 2. The van der Waals surface area contributed by atoms with E-state index in [0.29, 0.717) is 36.1 Å². The molecular formula is C33H37N2O9S3+. The van der Waals surface area contributed by atoms with Crippen molar-refractivity contribution in [2.45, 2.75) is 32.7 Å². The van der Waals surface area contributed by atoms with Crippen LogP contribution in [-0.2, 0) is 26.8 Å². The molecule has 250 valence electrons. The maximum atomic E-state index is 11.5. The van der Waals surface area contributed by atoms with Crippen LogP contribution >= 0.6 is 11.3 Å². The van der Waals surface area contributed by atoms with Gasteiger partial charge >= 0.3 is 0 Å².